The highest BCUT2D eigenvalue weighted by atomic mass is 14.9. The first-order chi connectivity index (χ1) is 3.83. The predicted molar refractivity (Wildman–Crippen MR) is 36.2 cm³/mol. The Balaban J connectivity index is 2.22. The van der Waals surface area contributed by atoms with E-state index in [0.29, 0.717) is 11.9 Å². The lowest BCUT2D eigenvalue weighted by molar-refractivity contribution is 0.582. The van der Waals surface area contributed by atoms with Crippen molar-refractivity contribution in [2.75, 3.05) is 7.05 Å². The summed E-state index contributed by atoms with van der Waals surface area (Å²) in [6.07, 6.45) is 3.62. The van der Waals surface area contributed by atoms with Crippen molar-refractivity contribution >= 4 is 7.85 Å². The Morgan fingerprint density at radius 2 is 2.25 bits per heavy atom. The summed E-state index contributed by atoms with van der Waals surface area (Å²) in [6, 6.07) is 0.699. The van der Waals surface area contributed by atoms with Gasteiger partial charge in [0.2, 0.25) is 0 Å². The van der Waals surface area contributed by atoms with E-state index in [2.05, 4.69) is 5.32 Å². The average molecular weight is 109 g/mol. The third kappa shape index (κ3) is 1.25. The van der Waals surface area contributed by atoms with Crippen LogP contribution in [0.4, 0.5) is 0 Å². The molecule has 0 saturated heterocycles. The van der Waals surface area contributed by atoms with Crippen molar-refractivity contribution in [1.82, 2.24) is 5.32 Å². The molecule has 0 aromatic carbocycles. The fourth-order valence-electron chi connectivity index (χ4n) is 1.28. The van der Waals surface area contributed by atoms with Crippen LogP contribution in [0, 0.1) is 0 Å². The first-order valence-corrected chi connectivity index (χ1v) is 3.26. The van der Waals surface area contributed by atoms with E-state index >= 15 is 0 Å². The number of hydrogen-bond donors (Lipinski definition) is 1. The maximum atomic E-state index is 5.66. The molecule has 2 heteroatoms. The molecule has 0 aromatic heterocycles. The highest BCUT2D eigenvalue weighted by Gasteiger charge is 2.18. The largest absolute Gasteiger partial charge is 0.317 e. The molecular formula is C6H12BN. The molecule has 0 aromatic rings. The van der Waals surface area contributed by atoms with Gasteiger partial charge in [-0.15, -0.1) is 0 Å². The average Bonchev–Trinajstić information content (AvgIpc) is 2.14. The van der Waals surface area contributed by atoms with Crippen molar-refractivity contribution < 1.29 is 0 Å². The Hall–Kier alpha value is 0.0249. The summed E-state index contributed by atoms with van der Waals surface area (Å²) < 4.78 is 0. The van der Waals surface area contributed by atoms with E-state index in [1.807, 2.05) is 7.05 Å². The van der Waals surface area contributed by atoms with Gasteiger partial charge >= 0.3 is 0 Å². The van der Waals surface area contributed by atoms with E-state index in [4.69, 9.17) is 7.85 Å². The Morgan fingerprint density at radius 3 is 2.50 bits per heavy atom. The zero-order valence-corrected chi connectivity index (χ0v) is 5.35. The fourth-order valence-corrected chi connectivity index (χ4v) is 1.28. The molecule has 1 rings (SSSR count). The lowest BCUT2D eigenvalue weighted by atomic mass is 9.86. The van der Waals surface area contributed by atoms with Gasteiger partial charge in [-0.05, 0) is 19.9 Å². The highest BCUT2D eigenvalue weighted by molar-refractivity contribution is 6.11. The number of rotatable bonds is 1. The monoisotopic (exact) mass is 109 g/mol. The van der Waals surface area contributed by atoms with Crippen molar-refractivity contribution in [3.05, 3.63) is 0 Å². The Bertz CT molecular complexity index is 74.9. The zero-order valence-electron chi connectivity index (χ0n) is 5.35. The van der Waals surface area contributed by atoms with E-state index in [9.17, 15) is 0 Å². The number of hydrogen-bond acceptors (Lipinski definition) is 1. The molecule has 1 N–H and O–H groups in total. The van der Waals surface area contributed by atoms with Gasteiger partial charge in [-0.25, -0.2) is 0 Å². The molecule has 0 spiro atoms. The molecule has 0 amide bonds. The van der Waals surface area contributed by atoms with Crippen LogP contribution >= 0.6 is 0 Å². The van der Waals surface area contributed by atoms with Crippen LogP contribution in [0.3, 0.4) is 0 Å². The van der Waals surface area contributed by atoms with Crippen molar-refractivity contribution in [3.8, 4) is 0 Å². The van der Waals surface area contributed by atoms with E-state index in [0.717, 1.165) is 6.42 Å². The molecule has 1 aliphatic rings. The van der Waals surface area contributed by atoms with Gasteiger partial charge in [0.15, 0.2) is 0 Å². The first kappa shape index (κ1) is 6.15. The van der Waals surface area contributed by atoms with Gasteiger partial charge in [0.05, 0.1) is 7.85 Å². The minimum atomic E-state index is 0.465. The van der Waals surface area contributed by atoms with E-state index in [-0.39, 0.29) is 0 Å². The molecular weight excluding hydrogens is 96.9 g/mol. The van der Waals surface area contributed by atoms with Crippen LogP contribution in [-0.4, -0.2) is 20.9 Å². The second-order valence-corrected chi connectivity index (χ2v) is 2.56. The Morgan fingerprint density at radius 1 is 1.50 bits per heavy atom. The van der Waals surface area contributed by atoms with Gasteiger partial charge in [-0.2, -0.15) is 0 Å². The molecule has 0 heterocycles. The molecule has 0 bridgehead atoms. The standard InChI is InChI=1S/C6H12BN/c1-8-6-3-2-5(7)4-6/h5-6,8H,2-4H2,1H3/t5-,6?/m0/s1. The van der Waals surface area contributed by atoms with Crippen LogP contribution < -0.4 is 5.32 Å². The predicted octanol–water partition coefficient (Wildman–Crippen LogP) is 0.715. The van der Waals surface area contributed by atoms with Crippen LogP contribution in [0.2, 0.25) is 5.82 Å². The SMILES string of the molecule is [B][C@H]1CCC(NC)C1. The van der Waals surface area contributed by atoms with E-state index in [1.54, 1.807) is 0 Å². The summed E-state index contributed by atoms with van der Waals surface area (Å²) in [5, 5.41) is 3.21. The molecule has 2 radical (unpaired) electrons. The summed E-state index contributed by atoms with van der Waals surface area (Å²) in [5.41, 5.74) is 0. The summed E-state index contributed by atoms with van der Waals surface area (Å²) in [5.74, 6) is 0.465. The Labute approximate surface area is 52.3 Å². The third-order valence-electron chi connectivity index (χ3n) is 1.88. The minimum absolute atomic E-state index is 0.465. The van der Waals surface area contributed by atoms with Gasteiger partial charge in [0.1, 0.15) is 0 Å². The van der Waals surface area contributed by atoms with E-state index < -0.39 is 0 Å². The van der Waals surface area contributed by atoms with Gasteiger partial charge in [0.25, 0.3) is 0 Å². The maximum absolute atomic E-state index is 5.66. The molecule has 2 atom stereocenters. The van der Waals surface area contributed by atoms with Gasteiger partial charge in [-0.3, -0.25) is 0 Å². The van der Waals surface area contributed by atoms with Crippen molar-refractivity contribution in [1.29, 1.82) is 0 Å². The highest BCUT2D eigenvalue weighted by Crippen LogP contribution is 2.26. The molecule has 1 saturated carbocycles. The summed E-state index contributed by atoms with van der Waals surface area (Å²) in [6.45, 7) is 0. The summed E-state index contributed by atoms with van der Waals surface area (Å²) in [7, 11) is 7.66. The van der Waals surface area contributed by atoms with Crippen molar-refractivity contribution in [2.45, 2.75) is 31.1 Å². The van der Waals surface area contributed by atoms with Crippen molar-refractivity contribution in [2.24, 2.45) is 0 Å². The molecule has 8 heavy (non-hydrogen) atoms. The summed E-state index contributed by atoms with van der Waals surface area (Å²) >= 11 is 0. The molecule has 1 unspecified atom stereocenters. The lowest BCUT2D eigenvalue weighted by Crippen LogP contribution is -2.20. The van der Waals surface area contributed by atoms with Crippen LogP contribution in [0.1, 0.15) is 19.3 Å². The van der Waals surface area contributed by atoms with Crippen LogP contribution in [0.5, 0.6) is 0 Å². The number of nitrogens with one attached hydrogen (secondary N) is 1. The minimum Gasteiger partial charge on any atom is -0.317 e. The third-order valence-corrected chi connectivity index (χ3v) is 1.88. The molecule has 44 valence electrons. The van der Waals surface area contributed by atoms with Crippen LogP contribution in [0.15, 0.2) is 0 Å². The molecule has 1 fully saturated rings. The van der Waals surface area contributed by atoms with Crippen molar-refractivity contribution in [3.63, 3.8) is 0 Å². The fraction of sp³-hybridized carbons (Fsp3) is 1.00. The second-order valence-electron chi connectivity index (χ2n) is 2.56. The Kier molecular flexibility index (Phi) is 1.95. The molecule has 1 aliphatic carbocycles. The van der Waals surface area contributed by atoms with Gasteiger partial charge < -0.3 is 5.32 Å². The normalized spacial score (nSPS) is 38.1. The van der Waals surface area contributed by atoms with Gasteiger partial charge in [0, 0.05) is 6.04 Å². The smallest absolute Gasteiger partial charge is 0.0700 e. The van der Waals surface area contributed by atoms with E-state index in [1.165, 1.54) is 12.8 Å². The quantitative estimate of drug-likeness (QED) is 0.489. The van der Waals surface area contributed by atoms with Crippen LogP contribution in [0.25, 0.3) is 0 Å². The molecule has 1 nitrogen and oxygen atoms in total. The first-order valence-electron chi connectivity index (χ1n) is 3.26. The van der Waals surface area contributed by atoms with Crippen LogP contribution in [-0.2, 0) is 0 Å². The summed E-state index contributed by atoms with van der Waals surface area (Å²) in [4.78, 5) is 0. The second kappa shape index (κ2) is 2.54. The maximum Gasteiger partial charge on any atom is 0.0700 e. The van der Waals surface area contributed by atoms with Gasteiger partial charge in [-0.1, -0.05) is 12.2 Å². The zero-order chi connectivity index (χ0) is 5.98. The topological polar surface area (TPSA) is 12.0 Å². The lowest BCUT2D eigenvalue weighted by Gasteiger charge is -2.05. The molecule has 0 aliphatic heterocycles.